The molecule has 0 aromatic heterocycles. The number of carboxylic acids is 1. The Hall–Kier alpha value is -7.68. The first-order valence-corrected chi connectivity index (χ1v) is 18.1. The van der Waals surface area contributed by atoms with Crippen LogP contribution in [0.3, 0.4) is 0 Å². The van der Waals surface area contributed by atoms with Crippen molar-refractivity contribution < 1.29 is 69.0 Å². The van der Waals surface area contributed by atoms with E-state index in [1.807, 2.05) is 0 Å². The quantitative estimate of drug-likeness (QED) is 0.107. The van der Waals surface area contributed by atoms with E-state index in [1.165, 1.54) is 52.0 Å². The number of imide groups is 2. The molecule has 0 unspecified atom stereocenters. The van der Waals surface area contributed by atoms with Gasteiger partial charge < -0.3 is 5.11 Å². The van der Waals surface area contributed by atoms with Crippen molar-refractivity contribution in [2.24, 2.45) is 0 Å². The minimum Gasteiger partial charge on any atom is -0.478 e. The molecule has 0 aliphatic carbocycles. The lowest BCUT2D eigenvalue weighted by Gasteiger charge is -2.27. The van der Waals surface area contributed by atoms with Crippen LogP contribution in [-0.4, -0.2) is 51.8 Å². The molecule has 2 saturated heterocycles. The molecule has 2 fully saturated rings. The number of carbonyl (C=O) groups excluding carboxylic acids is 5. The molecule has 13 nitrogen and oxygen atoms in total. The lowest BCUT2D eigenvalue weighted by molar-refractivity contribution is -0.138. The third-order valence-electron chi connectivity index (χ3n) is 9.98. The van der Waals surface area contributed by atoms with Crippen molar-refractivity contribution in [2.45, 2.75) is 64.5 Å². The van der Waals surface area contributed by atoms with E-state index in [4.69, 9.17) is 15.6 Å². The molecule has 326 valence electrons. The van der Waals surface area contributed by atoms with Crippen LogP contribution in [0.25, 0.3) is 0 Å². The molecule has 0 radical (unpaired) electrons. The number of aromatic carboxylic acids is 1. The van der Waals surface area contributed by atoms with Crippen LogP contribution in [0.2, 0.25) is 0 Å². The highest BCUT2D eigenvalue weighted by atomic mass is 19.4. The second-order valence-corrected chi connectivity index (χ2v) is 14.7. The predicted molar refractivity (Wildman–Crippen MR) is 206 cm³/mol. The monoisotopic (exact) mass is 882 g/mol. The number of Topliss-reactive ketones (excluding diaryl/α,β-unsaturated/α-hetero) is 1. The van der Waals surface area contributed by atoms with Crippen molar-refractivity contribution in [3.05, 3.63) is 118 Å². The molecule has 0 spiro atoms. The first-order chi connectivity index (χ1) is 29.1. The zero-order valence-electron chi connectivity index (χ0n) is 33.2. The summed E-state index contributed by atoms with van der Waals surface area (Å²) in [5.41, 5.74) is -8.95. The third kappa shape index (κ3) is 8.24. The average molecular weight is 883 g/mol. The first-order valence-electron chi connectivity index (χ1n) is 18.1. The number of ketones is 1. The van der Waals surface area contributed by atoms with Gasteiger partial charge >= 0.3 is 30.4 Å². The average Bonchev–Trinajstić information content (AvgIpc) is 3.49. The highest BCUT2D eigenvalue weighted by Crippen LogP contribution is 2.42. The molecule has 6 rings (SSSR count). The molecule has 4 aromatic carbocycles. The summed E-state index contributed by atoms with van der Waals surface area (Å²) < 4.78 is 109. The second-order valence-electron chi connectivity index (χ2n) is 14.7. The van der Waals surface area contributed by atoms with Crippen LogP contribution in [0.5, 0.6) is 0 Å². The summed E-state index contributed by atoms with van der Waals surface area (Å²) in [5.74, 6) is -5.76. The smallest absolute Gasteiger partial charge is 0.417 e. The van der Waals surface area contributed by atoms with Gasteiger partial charge in [-0.15, -0.1) is 0 Å². The molecule has 0 bridgehead atoms. The minimum absolute atomic E-state index is 0.0364. The molecule has 4 aromatic rings. The van der Waals surface area contributed by atoms with Crippen LogP contribution in [0.1, 0.15) is 84.0 Å². The zero-order chi connectivity index (χ0) is 47.3. The number of carboxylic acid groups (broad SMARTS) is 1. The number of halogens is 8. The van der Waals surface area contributed by atoms with Gasteiger partial charge in [-0.1, -0.05) is 6.92 Å². The summed E-state index contributed by atoms with van der Waals surface area (Å²) in [6, 6.07) is 11.8. The van der Waals surface area contributed by atoms with Crippen molar-refractivity contribution in [3.8, 4) is 12.1 Å². The van der Waals surface area contributed by atoms with E-state index in [9.17, 15) is 63.9 Å². The summed E-state index contributed by atoms with van der Waals surface area (Å²) in [7, 11) is 0. The van der Waals surface area contributed by atoms with Crippen LogP contribution in [-0.2, 0) is 21.9 Å². The third-order valence-corrected chi connectivity index (χ3v) is 9.98. The maximum Gasteiger partial charge on any atom is 0.417 e. The second kappa shape index (κ2) is 16.3. The van der Waals surface area contributed by atoms with Gasteiger partial charge in [0, 0.05) is 17.8 Å². The Morgan fingerprint density at radius 3 is 1.25 bits per heavy atom. The Balaban J connectivity index is 0.000000238. The summed E-state index contributed by atoms with van der Waals surface area (Å²) >= 11 is 0. The number of urea groups is 2. The molecular formula is C42H30F8N6O7. The Morgan fingerprint density at radius 1 is 0.603 bits per heavy atom. The van der Waals surface area contributed by atoms with Crippen LogP contribution < -0.4 is 19.6 Å². The molecule has 63 heavy (non-hydrogen) atoms. The van der Waals surface area contributed by atoms with Crippen molar-refractivity contribution in [3.63, 3.8) is 0 Å². The van der Waals surface area contributed by atoms with E-state index in [0.29, 0.717) is 21.9 Å². The van der Waals surface area contributed by atoms with Gasteiger partial charge in [0.15, 0.2) is 5.78 Å². The summed E-state index contributed by atoms with van der Waals surface area (Å²) in [5, 5.41) is 26.8. The van der Waals surface area contributed by atoms with Crippen molar-refractivity contribution >= 4 is 58.4 Å². The van der Waals surface area contributed by atoms with E-state index >= 15 is 0 Å². The number of anilines is 4. The molecule has 0 atom stereocenters. The standard InChI is InChI=1S/C22H17F4N3O3.C20H13F4N3O4/c1-4-18(30)15-8-7-14(10-17(15)23)29-20(32)28(19(31)21(29,2)3)13-6-5-12(11-27)16(9-13)22(24,25)26;1-19(2)17(30)26(11-4-3-10(9-25)14(7-11)20(22,23)24)18(31)27(19)12-5-6-13(16(28)29)15(21)8-12/h5-10H,4H2,1-3H3;3-8H,1-2H3,(H,28,29). The molecule has 2 aliphatic heterocycles. The maximum atomic E-state index is 14.5. The van der Waals surface area contributed by atoms with E-state index in [-0.39, 0.29) is 29.0 Å². The van der Waals surface area contributed by atoms with E-state index in [1.54, 1.807) is 6.92 Å². The van der Waals surface area contributed by atoms with Gasteiger partial charge in [0.2, 0.25) is 0 Å². The number of hydrogen-bond acceptors (Lipinski definition) is 8. The number of rotatable bonds is 7. The van der Waals surface area contributed by atoms with Gasteiger partial charge in [0.25, 0.3) is 11.8 Å². The zero-order valence-corrected chi connectivity index (χ0v) is 33.2. The normalized spacial score (nSPS) is 15.9. The molecule has 2 heterocycles. The maximum absolute atomic E-state index is 14.5. The number of nitrogens with zero attached hydrogens (tertiary/aromatic N) is 6. The van der Waals surface area contributed by atoms with Crippen molar-refractivity contribution in [2.75, 3.05) is 19.6 Å². The van der Waals surface area contributed by atoms with Crippen LogP contribution in [0, 0.1) is 34.3 Å². The van der Waals surface area contributed by atoms with Gasteiger partial charge in [-0.05, 0) is 100 Å². The van der Waals surface area contributed by atoms with E-state index < -0.39 is 104 Å². The molecule has 2 aliphatic rings. The number of carbonyl (C=O) groups is 6. The molecule has 6 amide bonds. The highest BCUT2D eigenvalue weighted by Gasteiger charge is 2.54. The molecule has 0 saturated carbocycles. The van der Waals surface area contributed by atoms with Gasteiger partial charge in [-0.3, -0.25) is 24.2 Å². The largest absolute Gasteiger partial charge is 0.478 e. The highest BCUT2D eigenvalue weighted by molar-refractivity contribution is 6.31. The number of amides is 6. The fourth-order valence-corrected chi connectivity index (χ4v) is 6.80. The topological polar surface area (TPSA) is 183 Å². The number of alkyl halides is 6. The molecule has 1 N–H and O–H groups in total. The predicted octanol–water partition coefficient (Wildman–Crippen LogP) is 9.23. The summed E-state index contributed by atoms with van der Waals surface area (Å²) in [6.07, 6.45) is -9.72. The lowest BCUT2D eigenvalue weighted by Crippen LogP contribution is -2.44. The SMILES string of the molecule is CC1(C)C(=O)N(c2ccc(C#N)c(C(F)(F)F)c2)C(=O)N1c1ccc(C(=O)O)c(F)c1.CCC(=O)c1ccc(N2C(=O)N(c3ccc(C#N)c(C(F)(F)F)c3)C(=O)C2(C)C)cc1F. The van der Waals surface area contributed by atoms with E-state index in [2.05, 4.69) is 0 Å². The summed E-state index contributed by atoms with van der Waals surface area (Å²) in [4.78, 5) is 77.8. The minimum atomic E-state index is -4.90. The number of hydrogen-bond donors (Lipinski definition) is 1. The molecular weight excluding hydrogens is 852 g/mol. The van der Waals surface area contributed by atoms with Gasteiger partial charge in [-0.2, -0.15) is 36.9 Å². The Bertz CT molecular complexity index is 2720. The number of benzene rings is 4. The van der Waals surface area contributed by atoms with Crippen LogP contribution >= 0.6 is 0 Å². The fraction of sp³-hybridized carbons (Fsp3) is 0.238. The Kier molecular flexibility index (Phi) is 12.0. The van der Waals surface area contributed by atoms with Crippen LogP contribution in [0.4, 0.5) is 67.5 Å². The summed E-state index contributed by atoms with van der Waals surface area (Å²) in [6.45, 7) is 6.91. The number of nitriles is 2. The first kappa shape index (κ1) is 46.4. The molecule has 21 heteroatoms. The fourth-order valence-electron chi connectivity index (χ4n) is 6.80. The van der Waals surface area contributed by atoms with Crippen molar-refractivity contribution in [1.29, 1.82) is 10.5 Å². The van der Waals surface area contributed by atoms with Gasteiger partial charge in [0.05, 0.1) is 56.9 Å². The van der Waals surface area contributed by atoms with Gasteiger partial charge in [-0.25, -0.2) is 33.0 Å². The van der Waals surface area contributed by atoms with Gasteiger partial charge in [0.1, 0.15) is 22.7 Å². The van der Waals surface area contributed by atoms with E-state index in [0.717, 1.165) is 58.3 Å². The Morgan fingerprint density at radius 2 is 0.952 bits per heavy atom. The van der Waals surface area contributed by atoms with Crippen molar-refractivity contribution in [1.82, 2.24) is 0 Å². The lowest BCUT2D eigenvalue weighted by atomic mass is 10.0. The Labute approximate surface area is 351 Å². The van der Waals surface area contributed by atoms with Crippen LogP contribution in [0.15, 0.2) is 72.8 Å².